The highest BCUT2D eigenvalue weighted by atomic mass is 35.5. The summed E-state index contributed by atoms with van der Waals surface area (Å²) in [7, 11) is 1.62. The van der Waals surface area contributed by atoms with E-state index in [1.54, 1.807) is 25.4 Å². The lowest BCUT2D eigenvalue weighted by atomic mass is 10.00. The lowest BCUT2D eigenvalue weighted by Crippen LogP contribution is -2.21. The van der Waals surface area contributed by atoms with Gasteiger partial charge in [0.15, 0.2) is 5.65 Å². The van der Waals surface area contributed by atoms with Gasteiger partial charge in [0, 0.05) is 41.1 Å². The molecule has 0 unspecified atom stereocenters. The molecule has 0 fully saturated rings. The van der Waals surface area contributed by atoms with Gasteiger partial charge in [0.1, 0.15) is 0 Å². The first-order valence-electron chi connectivity index (χ1n) is 10.6. The van der Waals surface area contributed by atoms with Crippen LogP contribution >= 0.6 is 23.2 Å². The Morgan fingerprint density at radius 2 is 1.56 bits per heavy atom. The number of hydrogen-bond donors (Lipinski definition) is 1. The summed E-state index contributed by atoms with van der Waals surface area (Å²) in [6, 6.07) is 18.7. The Morgan fingerprint density at radius 3 is 2.18 bits per heavy atom. The monoisotopic (exact) mass is 490 g/mol. The molecule has 34 heavy (non-hydrogen) atoms. The van der Waals surface area contributed by atoms with Crippen LogP contribution in [0.2, 0.25) is 10.0 Å². The summed E-state index contributed by atoms with van der Waals surface area (Å²) in [6.45, 7) is 2.38. The number of anilines is 1. The molecule has 0 atom stereocenters. The van der Waals surface area contributed by atoms with E-state index in [1.807, 2.05) is 55.5 Å². The first kappa shape index (κ1) is 22.1. The minimum Gasteiger partial charge on any atom is -0.351 e. The fraction of sp³-hybridized carbons (Fsp3) is 0.120. The summed E-state index contributed by atoms with van der Waals surface area (Å²) in [5.74, 6) is 0.385. The van der Waals surface area contributed by atoms with Crippen molar-refractivity contribution in [1.82, 2.24) is 24.1 Å². The molecule has 0 amide bonds. The zero-order valence-corrected chi connectivity index (χ0v) is 20.0. The predicted octanol–water partition coefficient (Wildman–Crippen LogP) is 5.38. The number of benzene rings is 2. The molecular formula is C25H20Cl2N6O. The van der Waals surface area contributed by atoms with Crippen molar-refractivity contribution in [2.75, 3.05) is 5.32 Å². The van der Waals surface area contributed by atoms with Crippen molar-refractivity contribution in [2.45, 2.75) is 13.5 Å². The van der Waals surface area contributed by atoms with E-state index in [9.17, 15) is 4.79 Å². The van der Waals surface area contributed by atoms with Crippen LogP contribution < -0.4 is 11.0 Å². The Balaban J connectivity index is 1.74. The van der Waals surface area contributed by atoms with Gasteiger partial charge >= 0.3 is 5.69 Å². The van der Waals surface area contributed by atoms with Crippen LogP contribution in [0, 0.1) is 6.92 Å². The Bertz CT molecular complexity index is 1540. The van der Waals surface area contributed by atoms with Crippen molar-refractivity contribution in [3.8, 4) is 22.4 Å². The average molecular weight is 491 g/mol. The number of fused-ring (bicyclic) bond motifs is 1. The number of pyridine rings is 1. The van der Waals surface area contributed by atoms with Crippen molar-refractivity contribution >= 4 is 34.8 Å². The number of nitrogens with one attached hydrogen (secondary N) is 1. The Morgan fingerprint density at radius 1 is 0.912 bits per heavy atom. The molecule has 1 N–H and O–H groups in total. The standard InChI is InChI=1S/C25H20Cl2N6O/c1-15-3-4-16(13-28-15)14-29-24-30-22(18-7-11-20(27)12-8-18)21(17-5-9-19(26)10-6-17)23-31-32(2)25(34)33(23)24/h3-13H,14H2,1-2H3,(H,29,30). The average Bonchev–Trinajstić information content (AvgIpc) is 3.13. The number of aryl methyl sites for hydroxylation is 2. The van der Waals surface area contributed by atoms with Gasteiger partial charge in [0.2, 0.25) is 5.95 Å². The van der Waals surface area contributed by atoms with E-state index < -0.39 is 0 Å². The highest BCUT2D eigenvalue weighted by molar-refractivity contribution is 6.31. The molecule has 0 bridgehead atoms. The van der Waals surface area contributed by atoms with Gasteiger partial charge in [-0.25, -0.2) is 18.9 Å². The zero-order valence-electron chi connectivity index (χ0n) is 18.5. The summed E-state index contributed by atoms with van der Waals surface area (Å²) in [5, 5.41) is 9.09. The Hall–Kier alpha value is -3.68. The fourth-order valence-corrected chi connectivity index (χ4v) is 3.99. The van der Waals surface area contributed by atoms with Gasteiger partial charge in [-0.15, -0.1) is 5.10 Å². The van der Waals surface area contributed by atoms with E-state index in [0.29, 0.717) is 33.9 Å². The SMILES string of the molecule is Cc1ccc(CNc2nc(-c3ccc(Cl)cc3)c(-c3ccc(Cl)cc3)c3nn(C)c(=O)n23)cn1. The maximum atomic E-state index is 13.1. The molecule has 7 nitrogen and oxygen atoms in total. The third kappa shape index (κ3) is 4.16. The van der Waals surface area contributed by atoms with Crippen molar-refractivity contribution in [3.63, 3.8) is 0 Å². The van der Waals surface area contributed by atoms with E-state index in [2.05, 4.69) is 15.4 Å². The Labute approximate surface area is 205 Å². The summed E-state index contributed by atoms with van der Waals surface area (Å²) in [5.41, 5.74) is 5.16. The first-order valence-corrected chi connectivity index (χ1v) is 11.3. The van der Waals surface area contributed by atoms with Crippen LogP contribution in [0.4, 0.5) is 5.95 Å². The minimum absolute atomic E-state index is 0.301. The molecule has 9 heteroatoms. The van der Waals surface area contributed by atoms with Gasteiger partial charge in [-0.3, -0.25) is 4.98 Å². The van der Waals surface area contributed by atoms with Crippen LogP contribution in [-0.4, -0.2) is 24.1 Å². The maximum absolute atomic E-state index is 13.1. The van der Waals surface area contributed by atoms with Crippen LogP contribution in [0.3, 0.4) is 0 Å². The topological polar surface area (TPSA) is 77.1 Å². The molecular weight excluding hydrogens is 471 g/mol. The van der Waals surface area contributed by atoms with Crippen molar-refractivity contribution < 1.29 is 0 Å². The van der Waals surface area contributed by atoms with Crippen LogP contribution in [0.5, 0.6) is 0 Å². The van der Waals surface area contributed by atoms with Gasteiger partial charge < -0.3 is 5.32 Å². The molecule has 0 saturated heterocycles. The molecule has 5 rings (SSSR count). The maximum Gasteiger partial charge on any atom is 0.352 e. The lowest BCUT2D eigenvalue weighted by molar-refractivity contribution is 0.732. The van der Waals surface area contributed by atoms with Crippen LogP contribution in [0.25, 0.3) is 28.0 Å². The van der Waals surface area contributed by atoms with E-state index in [1.165, 1.54) is 9.08 Å². The molecule has 0 spiro atoms. The number of nitrogens with zero attached hydrogens (tertiary/aromatic N) is 5. The third-order valence-electron chi connectivity index (χ3n) is 5.49. The van der Waals surface area contributed by atoms with E-state index >= 15 is 0 Å². The van der Waals surface area contributed by atoms with Crippen molar-refractivity contribution in [2.24, 2.45) is 7.05 Å². The summed E-state index contributed by atoms with van der Waals surface area (Å²) >= 11 is 12.3. The second-order valence-electron chi connectivity index (χ2n) is 7.90. The van der Waals surface area contributed by atoms with Gasteiger partial charge in [0.05, 0.1) is 11.3 Å². The molecule has 3 aromatic heterocycles. The molecule has 0 saturated carbocycles. The highest BCUT2D eigenvalue weighted by Gasteiger charge is 2.21. The quantitative estimate of drug-likeness (QED) is 0.357. The van der Waals surface area contributed by atoms with E-state index in [0.717, 1.165) is 27.9 Å². The minimum atomic E-state index is -0.301. The number of halogens is 2. The highest BCUT2D eigenvalue weighted by Crippen LogP contribution is 2.35. The molecule has 0 aliphatic carbocycles. The smallest absolute Gasteiger partial charge is 0.351 e. The molecule has 0 aliphatic rings. The van der Waals surface area contributed by atoms with E-state index in [-0.39, 0.29) is 5.69 Å². The second-order valence-corrected chi connectivity index (χ2v) is 8.77. The van der Waals surface area contributed by atoms with Crippen molar-refractivity contribution in [3.05, 3.63) is 98.6 Å². The summed E-state index contributed by atoms with van der Waals surface area (Å²) < 4.78 is 2.80. The third-order valence-corrected chi connectivity index (χ3v) is 5.99. The Kier molecular flexibility index (Phi) is 5.81. The van der Waals surface area contributed by atoms with Crippen LogP contribution in [-0.2, 0) is 13.6 Å². The van der Waals surface area contributed by atoms with Gasteiger partial charge in [-0.2, -0.15) is 0 Å². The molecule has 0 radical (unpaired) electrons. The number of rotatable bonds is 5. The van der Waals surface area contributed by atoms with Crippen LogP contribution in [0.1, 0.15) is 11.3 Å². The largest absolute Gasteiger partial charge is 0.352 e. The normalized spacial score (nSPS) is 11.2. The van der Waals surface area contributed by atoms with Gasteiger partial charge in [-0.05, 0) is 48.4 Å². The number of hydrogen-bond acceptors (Lipinski definition) is 5. The zero-order chi connectivity index (χ0) is 23.8. The lowest BCUT2D eigenvalue weighted by Gasteiger charge is -2.15. The molecule has 2 aromatic carbocycles. The van der Waals surface area contributed by atoms with Crippen LogP contribution in [0.15, 0.2) is 71.7 Å². The predicted molar refractivity (Wildman–Crippen MR) is 135 cm³/mol. The van der Waals surface area contributed by atoms with Crippen molar-refractivity contribution in [1.29, 1.82) is 0 Å². The molecule has 3 heterocycles. The van der Waals surface area contributed by atoms with E-state index in [4.69, 9.17) is 28.2 Å². The van der Waals surface area contributed by atoms with Gasteiger partial charge in [0.25, 0.3) is 0 Å². The molecule has 5 aromatic rings. The second kappa shape index (κ2) is 8.93. The molecule has 170 valence electrons. The first-order chi connectivity index (χ1) is 16.4. The fourth-order valence-electron chi connectivity index (χ4n) is 3.74. The summed E-state index contributed by atoms with van der Waals surface area (Å²) in [6.07, 6.45) is 1.80. The summed E-state index contributed by atoms with van der Waals surface area (Å²) in [4.78, 5) is 22.3. The number of aromatic nitrogens is 5. The van der Waals surface area contributed by atoms with Gasteiger partial charge in [-0.1, -0.05) is 53.5 Å². The molecule has 0 aliphatic heterocycles.